The minimum Gasteiger partial charge on any atom is -0.662 e. The molecule has 0 saturated heterocycles. The molecular formula is C16H36N2Ta. The molecule has 0 aliphatic heterocycles. The molecule has 0 aliphatic carbocycles. The van der Waals surface area contributed by atoms with E-state index in [1.807, 2.05) is 0 Å². The first-order chi connectivity index (χ1) is 8.83. The van der Waals surface area contributed by atoms with E-state index in [2.05, 4.69) is 38.3 Å². The van der Waals surface area contributed by atoms with Gasteiger partial charge in [-0.3, -0.25) is 0 Å². The molecule has 0 amide bonds. The summed E-state index contributed by atoms with van der Waals surface area (Å²) in [5.41, 5.74) is 0. The summed E-state index contributed by atoms with van der Waals surface area (Å²) < 4.78 is 0. The van der Waals surface area contributed by atoms with Gasteiger partial charge in [0.15, 0.2) is 0 Å². The van der Waals surface area contributed by atoms with Crippen molar-refractivity contribution in [1.82, 2.24) is 0 Å². The molecular weight excluding hydrogens is 401 g/mol. The Morgan fingerprint density at radius 2 is 0.684 bits per heavy atom. The van der Waals surface area contributed by atoms with E-state index in [1.165, 1.54) is 51.4 Å². The summed E-state index contributed by atoms with van der Waals surface area (Å²) in [5, 5.41) is 8.70. The minimum atomic E-state index is 0. The van der Waals surface area contributed by atoms with Crippen molar-refractivity contribution in [3.05, 3.63) is 10.6 Å². The van der Waals surface area contributed by atoms with Crippen LogP contribution in [0, 0.1) is 0 Å². The fourth-order valence-corrected chi connectivity index (χ4v) is 1.30. The van der Waals surface area contributed by atoms with Crippen LogP contribution in [0.25, 0.3) is 10.6 Å². The van der Waals surface area contributed by atoms with Crippen molar-refractivity contribution >= 4 is 0 Å². The van der Waals surface area contributed by atoms with Crippen LogP contribution in [0.4, 0.5) is 0 Å². The third kappa shape index (κ3) is 32.3. The quantitative estimate of drug-likeness (QED) is 0.339. The minimum absolute atomic E-state index is 0. The SMILES string of the molecule is CCCC[N-]CCCC.CCCC[N-]CCCC.[Ta+2]. The molecule has 0 aromatic carbocycles. The summed E-state index contributed by atoms with van der Waals surface area (Å²) in [4.78, 5) is 0. The Bertz CT molecular complexity index is 95.3. The second-order valence-electron chi connectivity index (χ2n) is 4.76. The van der Waals surface area contributed by atoms with Gasteiger partial charge in [0.25, 0.3) is 0 Å². The third-order valence-corrected chi connectivity index (χ3v) is 2.68. The largest absolute Gasteiger partial charge is 2.00 e. The molecule has 0 aliphatic rings. The van der Waals surface area contributed by atoms with E-state index >= 15 is 0 Å². The smallest absolute Gasteiger partial charge is 0.662 e. The second-order valence-corrected chi connectivity index (χ2v) is 4.76. The van der Waals surface area contributed by atoms with E-state index in [0.29, 0.717) is 0 Å². The zero-order valence-electron chi connectivity index (χ0n) is 13.8. The maximum atomic E-state index is 4.35. The summed E-state index contributed by atoms with van der Waals surface area (Å²) in [6.45, 7) is 13.1. The van der Waals surface area contributed by atoms with Crippen LogP contribution in [0.2, 0.25) is 0 Å². The summed E-state index contributed by atoms with van der Waals surface area (Å²) in [6, 6.07) is 0. The van der Waals surface area contributed by atoms with Gasteiger partial charge in [0, 0.05) is 0 Å². The first-order valence-corrected chi connectivity index (χ1v) is 8.09. The van der Waals surface area contributed by atoms with Gasteiger partial charge in [-0.25, -0.2) is 0 Å². The standard InChI is InChI=1S/2C8H18N.Ta/c2*1-3-5-7-9-8-6-4-2;/h2*3-8H2,1-2H3;/q2*-1;+2. The van der Waals surface area contributed by atoms with E-state index in [1.54, 1.807) is 0 Å². The molecule has 0 unspecified atom stereocenters. The van der Waals surface area contributed by atoms with E-state index in [0.717, 1.165) is 26.2 Å². The zero-order valence-corrected chi connectivity index (χ0v) is 17.0. The molecule has 3 heteroatoms. The Morgan fingerprint density at radius 3 is 0.842 bits per heavy atom. The van der Waals surface area contributed by atoms with Crippen molar-refractivity contribution in [2.24, 2.45) is 0 Å². The average molecular weight is 437 g/mol. The Kier molecular flexibility index (Phi) is 35.2. The summed E-state index contributed by atoms with van der Waals surface area (Å²) >= 11 is 0. The molecule has 0 aromatic heterocycles. The van der Waals surface area contributed by atoms with Crippen molar-refractivity contribution in [2.45, 2.75) is 79.1 Å². The van der Waals surface area contributed by atoms with Crippen LogP contribution in [0.3, 0.4) is 0 Å². The first-order valence-electron chi connectivity index (χ1n) is 8.09. The average Bonchev–Trinajstić information content (AvgIpc) is 2.39. The van der Waals surface area contributed by atoms with E-state index in [4.69, 9.17) is 0 Å². The van der Waals surface area contributed by atoms with Gasteiger partial charge in [0.1, 0.15) is 0 Å². The van der Waals surface area contributed by atoms with Crippen molar-refractivity contribution in [1.29, 1.82) is 0 Å². The molecule has 0 aromatic rings. The molecule has 0 fully saturated rings. The fraction of sp³-hybridized carbons (Fsp3) is 1.00. The topological polar surface area (TPSA) is 28.2 Å². The van der Waals surface area contributed by atoms with E-state index < -0.39 is 0 Å². The van der Waals surface area contributed by atoms with Gasteiger partial charge in [0.05, 0.1) is 0 Å². The van der Waals surface area contributed by atoms with Gasteiger partial charge in [0.2, 0.25) is 0 Å². The van der Waals surface area contributed by atoms with Crippen LogP contribution in [0.1, 0.15) is 79.1 Å². The maximum Gasteiger partial charge on any atom is 2.00 e. The molecule has 0 spiro atoms. The fourth-order valence-electron chi connectivity index (χ4n) is 1.30. The number of rotatable bonds is 12. The predicted molar refractivity (Wildman–Crippen MR) is 85.8 cm³/mol. The normalized spacial score (nSPS) is 9.47. The van der Waals surface area contributed by atoms with Gasteiger partial charge in [-0.05, 0) is 0 Å². The Morgan fingerprint density at radius 1 is 0.474 bits per heavy atom. The summed E-state index contributed by atoms with van der Waals surface area (Å²) in [5.74, 6) is 0. The van der Waals surface area contributed by atoms with Crippen molar-refractivity contribution in [3.8, 4) is 0 Å². The van der Waals surface area contributed by atoms with Crippen LogP contribution in [-0.4, -0.2) is 26.2 Å². The monoisotopic (exact) mass is 437 g/mol. The van der Waals surface area contributed by atoms with Gasteiger partial charge in [-0.2, -0.15) is 0 Å². The first kappa shape index (κ1) is 24.7. The molecule has 115 valence electrons. The van der Waals surface area contributed by atoms with Crippen LogP contribution in [-0.2, 0) is 22.4 Å². The molecule has 0 N–H and O–H groups in total. The van der Waals surface area contributed by atoms with Crippen LogP contribution < -0.4 is 0 Å². The number of hydrogen-bond acceptors (Lipinski definition) is 0. The Balaban J connectivity index is -0.000000256. The van der Waals surface area contributed by atoms with E-state index in [-0.39, 0.29) is 22.4 Å². The number of nitrogens with zero attached hydrogens (tertiary/aromatic N) is 2. The molecule has 0 heterocycles. The molecule has 0 saturated carbocycles. The Labute approximate surface area is 138 Å². The molecule has 1 radical (unpaired) electrons. The number of hydrogen-bond donors (Lipinski definition) is 0. The van der Waals surface area contributed by atoms with Crippen molar-refractivity contribution in [3.63, 3.8) is 0 Å². The number of unbranched alkanes of at least 4 members (excludes halogenated alkanes) is 4. The van der Waals surface area contributed by atoms with Crippen molar-refractivity contribution in [2.75, 3.05) is 26.2 Å². The van der Waals surface area contributed by atoms with Gasteiger partial charge < -0.3 is 10.6 Å². The van der Waals surface area contributed by atoms with Gasteiger partial charge in [-0.1, -0.05) is 79.1 Å². The van der Waals surface area contributed by atoms with Crippen molar-refractivity contribution < 1.29 is 22.4 Å². The Hall–Kier alpha value is 0.660. The molecule has 0 bridgehead atoms. The molecule has 2 nitrogen and oxygen atoms in total. The van der Waals surface area contributed by atoms with Crippen LogP contribution in [0.15, 0.2) is 0 Å². The van der Waals surface area contributed by atoms with Crippen LogP contribution in [0.5, 0.6) is 0 Å². The maximum absolute atomic E-state index is 4.35. The zero-order chi connectivity index (χ0) is 13.9. The summed E-state index contributed by atoms with van der Waals surface area (Å²) in [6.07, 6.45) is 10.2. The molecule has 0 rings (SSSR count). The van der Waals surface area contributed by atoms with Gasteiger partial charge in [-0.15, -0.1) is 26.2 Å². The third-order valence-electron chi connectivity index (χ3n) is 2.68. The predicted octanol–water partition coefficient (Wildman–Crippen LogP) is 5.92. The summed E-state index contributed by atoms with van der Waals surface area (Å²) in [7, 11) is 0. The second kappa shape index (κ2) is 27.1. The van der Waals surface area contributed by atoms with Gasteiger partial charge >= 0.3 is 22.4 Å². The molecule has 19 heavy (non-hydrogen) atoms. The molecule has 0 atom stereocenters. The van der Waals surface area contributed by atoms with E-state index in [9.17, 15) is 0 Å². The van der Waals surface area contributed by atoms with Crippen LogP contribution >= 0.6 is 0 Å².